The molecule has 0 aromatic heterocycles. The Morgan fingerprint density at radius 2 is 2.10 bits per heavy atom. The van der Waals surface area contributed by atoms with Crippen molar-refractivity contribution >= 4 is 31.9 Å². The van der Waals surface area contributed by atoms with E-state index >= 15 is 0 Å². The van der Waals surface area contributed by atoms with Crippen molar-refractivity contribution in [2.24, 2.45) is 0 Å². The fraction of sp³-hybridized carbons (Fsp3) is 0.143. The third-order valence-electron chi connectivity index (χ3n) is 1.16. The Hall–Kier alpha value is 0.110. The van der Waals surface area contributed by atoms with Crippen LogP contribution in [0.1, 0.15) is 5.56 Å². The Morgan fingerprint density at radius 1 is 1.40 bits per heavy atom. The van der Waals surface area contributed by atoms with Crippen molar-refractivity contribution in [3.8, 4) is 0 Å². The number of alkyl halides is 1. The summed E-state index contributed by atoms with van der Waals surface area (Å²) in [4.78, 5) is 0. The molecule has 0 fully saturated rings. The van der Waals surface area contributed by atoms with Crippen molar-refractivity contribution in [2.45, 2.75) is 5.33 Å². The van der Waals surface area contributed by atoms with E-state index in [4.69, 9.17) is 0 Å². The van der Waals surface area contributed by atoms with E-state index in [-0.39, 0.29) is 5.82 Å². The molecule has 1 aromatic rings. The molecule has 0 unspecified atom stereocenters. The molecule has 10 heavy (non-hydrogen) atoms. The second-order valence-corrected chi connectivity index (χ2v) is 3.35. The van der Waals surface area contributed by atoms with Crippen LogP contribution in [0.25, 0.3) is 0 Å². The standard InChI is InChI=1S/C7H5Br2F/c8-4-5-1-2-6(9)3-7(5)10/h1-3H,4H2/i10-1. The maximum absolute atomic E-state index is 12.8. The van der Waals surface area contributed by atoms with Crippen LogP contribution in [0.5, 0.6) is 0 Å². The molecule has 0 aliphatic heterocycles. The number of benzene rings is 1. The van der Waals surface area contributed by atoms with Gasteiger partial charge in [0.15, 0.2) is 0 Å². The highest BCUT2D eigenvalue weighted by Gasteiger charge is 1.98. The normalized spacial score (nSPS) is 9.90. The molecule has 1 rings (SSSR count). The Kier molecular flexibility index (Phi) is 2.86. The second-order valence-electron chi connectivity index (χ2n) is 1.87. The smallest absolute Gasteiger partial charge is 0.128 e. The van der Waals surface area contributed by atoms with E-state index in [1.54, 1.807) is 6.07 Å². The van der Waals surface area contributed by atoms with Crippen LogP contribution in [0.3, 0.4) is 0 Å². The van der Waals surface area contributed by atoms with Gasteiger partial charge in [-0.3, -0.25) is 0 Å². The quantitative estimate of drug-likeness (QED) is 0.683. The van der Waals surface area contributed by atoms with Crippen LogP contribution in [0.15, 0.2) is 22.7 Å². The van der Waals surface area contributed by atoms with Crippen LogP contribution in [0.4, 0.5) is 4.39 Å². The van der Waals surface area contributed by atoms with Crippen LogP contribution in [0, 0.1) is 5.82 Å². The molecule has 54 valence electrons. The van der Waals surface area contributed by atoms with Crippen LogP contribution in [-0.4, -0.2) is 0 Å². The zero-order chi connectivity index (χ0) is 7.56. The first-order valence-corrected chi connectivity index (χ1v) is 4.65. The highest BCUT2D eigenvalue weighted by atomic mass is 79.9. The third kappa shape index (κ3) is 1.80. The minimum absolute atomic E-state index is 0.175. The fourth-order valence-electron chi connectivity index (χ4n) is 0.630. The van der Waals surface area contributed by atoms with Gasteiger partial charge in [0.25, 0.3) is 0 Å². The highest BCUT2D eigenvalue weighted by Crippen LogP contribution is 2.16. The van der Waals surface area contributed by atoms with E-state index in [1.807, 2.05) is 6.07 Å². The van der Waals surface area contributed by atoms with Gasteiger partial charge < -0.3 is 0 Å². The Bertz CT molecular complexity index is 235. The molecule has 0 aliphatic carbocycles. The topological polar surface area (TPSA) is 0 Å². The molecule has 0 saturated carbocycles. The third-order valence-corrected chi connectivity index (χ3v) is 2.26. The van der Waals surface area contributed by atoms with Crippen molar-refractivity contribution < 1.29 is 4.39 Å². The summed E-state index contributed by atoms with van der Waals surface area (Å²) in [6, 6.07) is 5.02. The Labute approximate surface area is 75.7 Å². The number of hydrogen-bond donors (Lipinski definition) is 0. The lowest BCUT2D eigenvalue weighted by Crippen LogP contribution is -1.83. The second kappa shape index (κ2) is 3.49. The molecule has 3 heteroatoms. The van der Waals surface area contributed by atoms with Crippen LogP contribution >= 0.6 is 31.9 Å². The molecule has 0 N–H and O–H groups in total. The first kappa shape index (κ1) is 8.21. The lowest BCUT2D eigenvalue weighted by atomic mass is 10.2. The molecule has 0 radical (unpaired) electrons. The van der Waals surface area contributed by atoms with Gasteiger partial charge in [-0.15, -0.1) is 0 Å². The number of hydrogen-bond acceptors (Lipinski definition) is 0. The zero-order valence-corrected chi connectivity index (χ0v) is 8.25. The van der Waals surface area contributed by atoms with E-state index in [0.717, 1.165) is 4.47 Å². The average Bonchev–Trinajstić information content (AvgIpc) is 1.88. The number of halogens is 3. The molecular weight excluding hydrogens is 262 g/mol. The summed E-state index contributed by atoms with van der Waals surface area (Å²) in [6.45, 7) is 0. The maximum Gasteiger partial charge on any atom is 0.128 e. The van der Waals surface area contributed by atoms with Crippen molar-refractivity contribution in [1.29, 1.82) is 0 Å². The average molecular weight is 267 g/mol. The van der Waals surface area contributed by atoms with Gasteiger partial charge in [0.05, 0.1) is 0 Å². The van der Waals surface area contributed by atoms with Crippen LogP contribution < -0.4 is 0 Å². The summed E-state index contributed by atoms with van der Waals surface area (Å²) in [5.41, 5.74) is 0.684. The SMILES string of the molecule is [18F]c1cc(Br)ccc1CBr. The first-order valence-electron chi connectivity index (χ1n) is 2.74. The first-order chi connectivity index (χ1) is 4.74. The summed E-state index contributed by atoms with van der Waals surface area (Å²) < 4.78 is 13.6. The molecule has 0 saturated heterocycles. The summed E-state index contributed by atoms with van der Waals surface area (Å²) in [5.74, 6) is -0.175. The van der Waals surface area contributed by atoms with Gasteiger partial charge in [-0.1, -0.05) is 37.9 Å². The lowest BCUT2D eigenvalue weighted by molar-refractivity contribution is 0.617. The summed E-state index contributed by atoms with van der Waals surface area (Å²) >= 11 is 6.35. The maximum atomic E-state index is 12.8. The predicted octanol–water partition coefficient (Wildman–Crippen LogP) is 3.48. The van der Waals surface area contributed by atoms with Crippen LogP contribution in [-0.2, 0) is 5.33 Å². The van der Waals surface area contributed by atoms with Gasteiger partial charge in [-0.2, -0.15) is 0 Å². The largest absolute Gasteiger partial charge is 0.207 e. The van der Waals surface area contributed by atoms with Crippen molar-refractivity contribution in [3.05, 3.63) is 34.1 Å². The molecular formula is C7H5Br2F. The predicted molar refractivity (Wildman–Crippen MR) is 46.7 cm³/mol. The van der Waals surface area contributed by atoms with E-state index in [9.17, 15) is 4.39 Å². The summed E-state index contributed by atoms with van der Waals surface area (Å²) in [7, 11) is 0. The van der Waals surface area contributed by atoms with Gasteiger partial charge in [-0.05, 0) is 17.7 Å². The molecule has 0 heterocycles. The highest BCUT2D eigenvalue weighted by molar-refractivity contribution is 9.10. The molecule has 1 aromatic carbocycles. The molecule has 0 spiro atoms. The van der Waals surface area contributed by atoms with E-state index < -0.39 is 0 Å². The Morgan fingerprint density at radius 3 is 2.60 bits per heavy atom. The number of rotatable bonds is 1. The summed E-state index contributed by atoms with van der Waals surface area (Å²) in [5, 5.41) is 0.562. The van der Waals surface area contributed by atoms with E-state index in [1.165, 1.54) is 6.07 Å². The van der Waals surface area contributed by atoms with Crippen molar-refractivity contribution in [2.75, 3.05) is 0 Å². The molecule has 0 atom stereocenters. The Balaban J connectivity index is 3.07. The molecule has 0 bridgehead atoms. The zero-order valence-electron chi connectivity index (χ0n) is 5.07. The van der Waals surface area contributed by atoms with Gasteiger partial charge in [-0.25, -0.2) is 4.39 Å². The van der Waals surface area contributed by atoms with E-state index in [2.05, 4.69) is 31.9 Å². The van der Waals surface area contributed by atoms with Gasteiger partial charge in [0.1, 0.15) is 5.82 Å². The van der Waals surface area contributed by atoms with Crippen molar-refractivity contribution in [3.63, 3.8) is 0 Å². The lowest BCUT2D eigenvalue weighted by Gasteiger charge is -1.96. The van der Waals surface area contributed by atoms with Crippen molar-refractivity contribution in [1.82, 2.24) is 0 Å². The molecule has 0 aliphatic rings. The van der Waals surface area contributed by atoms with E-state index in [0.29, 0.717) is 10.9 Å². The van der Waals surface area contributed by atoms with Crippen LogP contribution in [0.2, 0.25) is 0 Å². The van der Waals surface area contributed by atoms with Gasteiger partial charge >= 0.3 is 0 Å². The van der Waals surface area contributed by atoms with Gasteiger partial charge in [0.2, 0.25) is 0 Å². The molecule has 0 amide bonds. The molecule has 0 nitrogen and oxygen atoms in total. The van der Waals surface area contributed by atoms with Gasteiger partial charge in [0, 0.05) is 9.80 Å². The minimum Gasteiger partial charge on any atom is -0.207 e. The fourth-order valence-corrected chi connectivity index (χ4v) is 1.42. The monoisotopic (exact) mass is 265 g/mol. The summed E-state index contributed by atoms with van der Waals surface area (Å²) in [6.07, 6.45) is 0. The minimum atomic E-state index is -0.175.